The molecule has 1 aromatic heterocycles. The molecule has 1 aliphatic rings. The molecule has 26 heavy (non-hydrogen) atoms. The Balaban J connectivity index is 1.72. The lowest BCUT2D eigenvalue weighted by molar-refractivity contribution is 0.102. The van der Waals surface area contributed by atoms with E-state index in [2.05, 4.69) is 15.3 Å². The molecule has 3 rings (SSSR count). The number of piperidine rings is 1. The minimum absolute atomic E-state index is 0.119. The van der Waals surface area contributed by atoms with Crippen LogP contribution in [0.25, 0.3) is 0 Å². The average Bonchev–Trinajstić information content (AvgIpc) is 2.58. The summed E-state index contributed by atoms with van der Waals surface area (Å²) in [7, 11) is 0. The number of nitrogens with zero attached hydrogens (tertiary/aromatic N) is 3. The lowest BCUT2D eigenvalue weighted by Gasteiger charge is -2.36. The molecule has 2 aromatic rings. The predicted molar refractivity (Wildman–Crippen MR) is 105 cm³/mol. The number of carbonyl (C=O) groups excluding carboxylic acids is 1. The normalized spacial score (nSPS) is 16.4. The van der Waals surface area contributed by atoms with E-state index in [1.807, 2.05) is 11.8 Å². The zero-order valence-electron chi connectivity index (χ0n) is 14.3. The molecule has 5 N–H and O–H groups in total. The summed E-state index contributed by atoms with van der Waals surface area (Å²) in [6, 6.07) is 4.81. The molecule has 1 saturated heterocycles. The van der Waals surface area contributed by atoms with Crippen molar-refractivity contribution < 1.29 is 4.79 Å². The summed E-state index contributed by atoms with van der Waals surface area (Å²) < 4.78 is 0. The standard InChI is InChI=1S/C17H20Cl2N6O/c1-17(21)4-6-25(7-5-17)16-22-9-11(14(20)24-16)15(26)23-10-2-3-12(18)13(19)8-10/h2-3,8-9H,4-7,21H2,1H3,(H,23,26)(H2,20,22,24). The van der Waals surface area contributed by atoms with E-state index in [0.29, 0.717) is 21.7 Å². The van der Waals surface area contributed by atoms with E-state index in [9.17, 15) is 4.79 Å². The average molecular weight is 395 g/mol. The van der Waals surface area contributed by atoms with Crippen LogP contribution in [0.15, 0.2) is 24.4 Å². The number of amides is 1. The fourth-order valence-electron chi connectivity index (χ4n) is 2.70. The molecular formula is C17H20Cl2N6O. The Morgan fingerprint density at radius 2 is 1.96 bits per heavy atom. The van der Waals surface area contributed by atoms with Gasteiger partial charge in [0.1, 0.15) is 11.4 Å². The van der Waals surface area contributed by atoms with Crippen LogP contribution in [0, 0.1) is 0 Å². The maximum Gasteiger partial charge on any atom is 0.260 e. The molecule has 0 atom stereocenters. The summed E-state index contributed by atoms with van der Waals surface area (Å²) in [5, 5.41) is 3.46. The molecular weight excluding hydrogens is 375 g/mol. The number of hydrogen-bond donors (Lipinski definition) is 3. The molecule has 1 aromatic carbocycles. The van der Waals surface area contributed by atoms with E-state index in [-0.39, 0.29) is 16.9 Å². The minimum Gasteiger partial charge on any atom is -0.383 e. The van der Waals surface area contributed by atoms with Crippen molar-refractivity contribution in [3.63, 3.8) is 0 Å². The second kappa shape index (κ2) is 7.26. The molecule has 2 heterocycles. The fourth-order valence-corrected chi connectivity index (χ4v) is 3.00. The lowest BCUT2D eigenvalue weighted by Crippen LogP contribution is -2.48. The van der Waals surface area contributed by atoms with Crippen LogP contribution in [0.2, 0.25) is 10.0 Å². The van der Waals surface area contributed by atoms with Gasteiger partial charge in [-0.2, -0.15) is 4.98 Å². The zero-order chi connectivity index (χ0) is 18.9. The number of hydrogen-bond acceptors (Lipinski definition) is 6. The molecule has 0 saturated carbocycles. The molecule has 7 nitrogen and oxygen atoms in total. The van der Waals surface area contributed by atoms with Gasteiger partial charge in [-0.15, -0.1) is 0 Å². The van der Waals surface area contributed by atoms with Crippen molar-refractivity contribution in [2.75, 3.05) is 29.0 Å². The molecule has 1 amide bonds. The van der Waals surface area contributed by atoms with Crippen molar-refractivity contribution in [3.05, 3.63) is 40.0 Å². The number of halogens is 2. The first-order chi connectivity index (χ1) is 12.2. The van der Waals surface area contributed by atoms with Crippen LogP contribution in [0.5, 0.6) is 0 Å². The third-order valence-electron chi connectivity index (χ3n) is 4.42. The number of anilines is 3. The third-order valence-corrected chi connectivity index (χ3v) is 5.16. The van der Waals surface area contributed by atoms with Crippen LogP contribution in [-0.2, 0) is 0 Å². The first-order valence-electron chi connectivity index (χ1n) is 8.18. The largest absolute Gasteiger partial charge is 0.383 e. The molecule has 9 heteroatoms. The van der Waals surface area contributed by atoms with Crippen LogP contribution in [-0.4, -0.2) is 34.5 Å². The van der Waals surface area contributed by atoms with Gasteiger partial charge >= 0.3 is 0 Å². The van der Waals surface area contributed by atoms with E-state index < -0.39 is 5.91 Å². The first-order valence-corrected chi connectivity index (χ1v) is 8.93. The van der Waals surface area contributed by atoms with Gasteiger partial charge in [-0.25, -0.2) is 4.98 Å². The molecule has 0 radical (unpaired) electrons. The number of benzene rings is 1. The lowest BCUT2D eigenvalue weighted by atomic mass is 9.91. The third kappa shape index (κ3) is 4.17. The van der Waals surface area contributed by atoms with Gasteiger partial charge in [-0.1, -0.05) is 23.2 Å². The molecule has 0 spiro atoms. The van der Waals surface area contributed by atoms with E-state index >= 15 is 0 Å². The van der Waals surface area contributed by atoms with E-state index in [0.717, 1.165) is 25.9 Å². The first kappa shape index (κ1) is 18.7. The highest BCUT2D eigenvalue weighted by molar-refractivity contribution is 6.42. The van der Waals surface area contributed by atoms with E-state index in [4.69, 9.17) is 34.7 Å². The summed E-state index contributed by atoms with van der Waals surface area (Å²) in [6.45, 7) is 3.54. The van der Waals surface area contributed by atoms with Gasteiger partial charge in [0.15, 0.2) is 0 Å². The smallest absolute Gasteiger partial charge is 0.260 e. The molecule has 0 aliphatic carbocycles. The topological polar surface area (TPSA) is 110 Å². The highest BCUT2D eigenvalue weighted by atomic mass is 35.5. The maximum absolute atomic E-state index is 12.4. The van der Waals surface area contributed by atoms with Crippen molar-refractivity contribution in [1.29, 1.82) is 0 Å². The SMILES string of the molecule is CC1(N)CCN(c2ncc(C(=O)Nc3ccc(Cl)c(Cl)c3)c(N)n2)CC1. The van der Waals surface area contributed by atoms with Crippen molar-refractivity contribution in [1.82, 2.24) is 9.97 Å². The highest BCUT2D eigenvalue weighted by Crippen LogP contribution is 2.26. The van der Waals surface area contributed by atoms with Crippen LogP contribution in [0.1, 0.15) is 30.1 Å². The van der Waals surface area contributed by atoms with Crippen molar-refractivity contribution in [3.8, 4) is 0 Å². The molecule has 1 aliphatic heterocycles. The van der Waals surface area contributed by atoms with Crippen LogP contribution in [0.3, 0.4) is 0 Å². The molecule has 0 bridgehead atoms. The van der Waals surface area contributed by atoms with Gasteiger partial charge < -0.3 is 21.7 Å². The number of nitrogen functional groups attached to an aromatic ring is 1. The van der Waals surface area contributed by atoms with Gasteiger partial charge in [0.05, 0.1) is 10.0 Å². The Morgan fingerprint density at radius 3 is 2.58 bits per heavy atom. The second-order valence-corrected chi connectivity index (χ2v) is 7.51. The Kier molecular flexibility index (Phi) is 5.22. The molecule has 138 valence electrons. The molecule has 0 unspecified atom stereocenters. The summed E-state index contributed by atoms with van der Waals surface area (Å²) in [6.07, 6.45) is 3.12. The van der Waals surface area contributed by atoms with Crippen molar-refractivity contribution >= 4 is 46.6 Å². The number of aromatic nitrogens is 2. The van der Waals surface area contributed by atoms with Gasteiger partial charge in [0.2, 0.25) is 5.95 Å². The van der Waals surface area contributed by atoms with E-state index in [1.165, 1.54) is 6.20 Å². The number of nitrogens with one attached hydrogen (secondary N) is 1. The van der Waals surface area contributed by atoms with Gasteiger partial charge in [0.25, 0.3) is 5.91 Å². The maximum atomic E-state index is 12.4. The van der Waals surface area contributed by atoms with Gasteiger partial charge in [0, 0.05) is 30.5 Å². The predicted octanol–water partition coefficient (Wildman–Crippen LogP) is 2.94. The number of carbonyl (C=O) groups is 1. The van der Waals surface area contributed by atoms with Gasteiger partial charge in [-0.3, -0.25) is 4.79 Å². The summed E-state index contributed by atoms with van der Waals surface area (Å²) in [5.74, 6) is 0.207. The van der Waals surface area contributed by atoms with Crippen LogP contribution in [0.4, 0.5) is 17.5 Å². The Hall–Kier alpha value is -2.09. The quantitative estimate of drug-likeness (QED) is 0.737. The molecule has 1 fully saturated rings. The van der Waals surface area contributed by atoms with Crippen LogP contribution < -0.4 is 21.7 Å². The summed E-state index contributed by atoms with van der Waals surface area (Å²) >= 11 is 11.8. The second-order valence-electron chi connectivity index (χ2n) is 6.69. The highest BCUT2D eigenvalue weighted by Gasteiger charge is 2.27. The monoisotopic (exact) mass is 394 g/mol. The summed E-state index contributed by atoms with van der Waals surface area (Å²) in [5.41, 5.74) is 12.7. The van der Waals surface area contributed by atoms with Crippen molar-refractivity contribution in [2.45, 2.75) is 25.3 Å². The Labute approximate surface area is 161 Å². The Morgan fingerprint density at radius 1 is 1.27 bits per heavy atom. The number of rotatable bonds is 3. The van der Waals surface area contributed by atoms with Gasteiger partial charge in [-0.05, 0) is 38.0 Å². The fraction of sp³-hybridized carbons (Fsp3) is 0.353. The van der Waals surface area contributed by atoms with E-state index in [1.54, 1.807) is 18.2 Å². The van der Waals surface area contributed by atoms with Crippen LogP contribution >= 0.6 is 23.2 Å². The van der Waals surface area contributed by atoms with Crippen molar-refractivity contribution in [2.24, 2.45) is 5.73 Å². The minimum atomic E-state index is -0.416. The zero-order valence-corrected chi connectivity index (χ0v) is 15.8. The summed E-state index contributed by atoms with van der Waals surface area (Å²) in [4.78, 5) is 23.0. The number of nitrogens with two attached hydrogens (primary N) is 2. The Bertz CT molecular complexity index is 832.